The van der Waals surface area contributed by atoms with Crippen molar-refractivity contribution < 1.29 is 9.84 Å². The van der Waals surface area contributed by atoms with E-state index in [1.807, 2.05) is 66.7 Å². The lowest BCUT2D eigenvalue weighted by molar-refractivity contribution is -0.248. The molecule has 0 atom stereocenters. The van der Waals surface area contributed by atoms with Crippen LogP contribution in [-0.4, -0.2) is 6.61 Å². The van der Waals surface area contributed by atoms with Gasteiger partial charge in [0, 0.05) is 0 Å². The summed E-state index contributed by atoms with van der Waals surface area (Å²) in [6.07, 6.45) is 10.3. The van der Waals surface area contributed by atoms with Crippen molar-refractivity contribution in [3.05, 3.63) is 101 Å². The predicted octanol–water partition coefficient (Wildman–Crippen LogP) is 2.46. The van der Waals surface area contributed by atoms with Crippen molar-refractivity contribution in [2.75, 3.05) is 6.61 Å². The minimum Gasteiger partial charge on any atom is -0.875 e. The Bertz CT molecular complexity index is 875. The Morgan fingerprint density at radius 3 is 2.17 bits per heavy atom. The van der Waals surface area contributed by atoms with E-state index in [9.17, 15) is 5.11 Å². The van der Waals surface area contributed by atoms with Gasteiger partial charge in [-0.05, 0) is 39.8 Å². The largest absolute Gasteiger partial charge is 0.875 e. The molecule has 2 nitrogen and oxygen atoms in total. The van der Waals surface area contributed by atoms with Gasteiger partial charge in [-0.25, -0.2) is 0 Å². The maximum absolute atomic E-state index is 11.5. The average Bonchev–Trinajstić information content (AvgIpc) is 3.13. The highest BCUT2D eigenvalue weighted by molar-refractivity contribution is 5.63. The van der Waals surface area contributed by atoms with E-state index in [-0.39, 0.29) is 5.76 Å². The Balaban J connectivity index is 1.97. The molecular formula is C22H19O2-. The maximum atomic E-state index is 11.5. The quantitative estimate of drug-likeness (QED) is 0.868. The minimum absolute atomic E-state index is 0.0728. The molecule has 0 spiro atoms. The summed E-state index contributed by atoms with van der Waals surface area (Å²) >= 11 is 0. The van der Waals surface area contributed by atoms with Crippen LogP contribution in [0.1, 0.15) is 6.92 Å². The van der Waals surface area contributed by atoms with Crippen molar-refractivity contribution in [2.24, 2.45) is 0 Å². The molecule has 0 fully saturated rings. The van der Waals surface area contributed by atoms with E-state index in [0.29, 0.717) is 6.61 Å². The smallest absolute Gasteiger partial charge is 0.119 e. The summed E-state index contributed by atoms with van der Waals surface area (Å²) in [6, 6.07) is 17.4. The SMILES string of the molecule is CC([O-])=c1ccc(=C(C=C2C=CC=C2)COc2ccccc2)cc1. The van der Waals surface area contributed by atoms with Crippen molar-refractivity contribution in [2.45, 2.75) is 6.92 Å². The van der Waals surface area contributed by atoms with Crippen LogP contribution in [0, 0.1) is 0 Å². The van der Waals surface area contributed by atoms with Crippen LogP contribution in [0.15, 0.2) is 90.6 Å². The summed E-state index contributed by atoms with van der Waals surface area (Å²) in [5.74, 6) is 0.912. The highest BCUT2D eigenvalue weighted by atomic mass is 16.5. The van der Waals surface area contributed by atoms with Gasteiger partial charge in [-0.1, -0.05) is 73.7 Å². The lowest BCUT2D eigenvalue weighted by Crippen LogP contribution is -2.18. The molecule has 120 valence electrons. The fourth-order valence-electron chi connectivity index (χ4n) is 2.49. The fourth-order valence-corrected chi connectivity index (χ4v) is 2.49. The van der Waals surface area contributed by atoms with Crippen LogP contribution in [-0.2, 0) is 0 Å². The third-order valence-electron chi connectivity index (χ3n) is 3.83. The molecule has 0 unspecified atom stereocenters. The van der Waals surface area contributed by atoms with Gasteiger partial charge in [0.25, 0.3) is 0 Å². The number of ether oxygens (including phenoxy) is 1. The van der Waals surface area contributed by atoms with Crippen LogP contribution in [0.5, 0.6) is 5.75 Å². The van der Waals surface area contributed by atoms with Gasteiger partial charge in [-0.2, -0.15) is 0 Å². The molecule has 0 aromatic heterocycles. The molecule has 1 aliphatic carbocycles. The van der Waals surface area contributed by atoms with Crippen molar-refractivity contribution in [3.63, 3.8) is 0 Å². The van der Waals surface area contributed by atoms with E-state index in [0.717, 1.165) is 27.3 Å². The highest BCUT2D eigenvalue weighted by Crippen LogP contribution is 2.14. The first-order valence-electron chi connectivity index (χ1n) is 7.94. The molecule has 0 amide bonds. The minimum atomic E-state index is 0.0728. The van der Waals surface area contributed by atoms with Gasteiger partial charge in [0.15, 0.2) is 0 Å². The van der Waals surface area contributed by atoms with Gasteiger partial charge in [0.2, 0.25) is 0 Å². The van der Waals surface area contributed by atoms with Gasteiger partial charge in [-0.3, -0.25) is 0 Å². The predicted molar refractivity (Wildman–Crippen MR) is 96.5 cm³/mol. The third kappa shape index (κ3) is 4.05. The molecular weight excluding hydrogens is 296 g/mol. The number of hydrogen-bond donors (Lipinski definition) is 0. The monoisotopic (exact) mass is 315 g/mol. The first kappa shape index (κ1) is 15.9. The van der Waals surface area contributed by atoms with E-state index in [1.165, 1.54) is 0 Å². The van der Waals surface area contributed by atoms with Gasteiger partial charge in [0.05, 0.1) is 0 Å². The molecule has 24 heavy (non-hydrogen) atoms. The Labute approximate surface area is 142 Å². The van der Waals surface area contributed by atoms with Crippen molar-refractivity contribution in [1.29, 1.82) is 0 Å². The number of benzene rings is 2. The molecule has 0 radical (unpaired) electrons. The summed E-state index contributed by atoms with van der Waals surface area (Å²) in [4.78, 5) is 0. The molecule has 2 aromatic carbocycles. The second kappa shape index (κ2) is 7.51. The second-order valence-corrected chi connectivity index (χ2v) is 5.62. The van der Waals surface area contributed by atoms with Crippen LogP contribution >= 0.6 is 0 Å². The first-order valence-corrected chi connectivity index (χ1v) is 7.94. The van der Waals surface area contributed by atoms with E-state index >= 15 is 0 Å². The summed E-state index contributed by atoms with van der Waals surface area (Å²) in [5, 5.41) is 13.2. The molecule has 0 aliphatic heterocycles. The zero-order valence-corrected chi connectivity index (χ0v) is 13.6. The highest BCUT2D eigenvalue weighted by Gasteiger charge is 2.01. The van der Waals surface area contributed by atoms with Crippen molar-refractivity contribution in [1.82, 2.24) is 0 Å². The van der Waals surface area contributed by atoms with E-state index in [1.54, 1.807) is 6.92 Å². The number of hydrogen-bond acceptors (Lipinski definition) is 2. The maximum Gasteiger partial charge on any atom is 0.119 e. The van der Waals surface area contributed by atoms with Gasteiger partial charge in [-0.15, -0.1) is 5.76 Å². The van der Waals surface area contributed by atoms with Crippen LogP contribution in [0.3, 0.4) is 0 Å². The average molecular weight is 315 g/mol. The Morgan fingerprint density at radius 1 is 0.917 bits per heavy atom. The molecule has 0 saturated heterocycles. The van der Waals surface area contributed by atoms with E-state index in [4.69, 9.17) is 4.74 Å². The standard InChI is InChI=1S/C22H20O2/c1-17(23)19-11-13-20(14-12-19)21(15-18-7-5-6-8-18)16-24-22-9-3-2-4-10-22/h2-15,23H,16H2,1H3/p-1. The van der Waals surface area contributed by atoms with Gasteiger partial charge >= 0.3 is 0 Å². The van der Waals surface area contributed by atoms with Gasteiger partial charge < -0.3 is 9.84 Å². The summed E-state index contributed by atoms with van der Waals surface area (Å²) in [7, 11) is 0. The molecule has 0 N–H and O–H groups in total. The van der Waals surface area contributed by atoms with Crippen LogP contribution in [0.2, 0.25) is 0 Å². The normalized spacial score (nSPS) is 12.3. The van der Waals surface area contributed by atoms with Crippen LogP contribution in [0.4, 0.5) is 0 Å². The molecule has 2 heteroatoms. The number of para-hydroxylation sites is 1. The van der Waals surface area contributed by atoms with Crippen LogP contribution < -0.4 is 20.3 Å². The molecule has 0 heterocycles. The zero-order valence-electron chi connectivity index (χ0n) is 13.6. The van der Waals surface area contributed by atoms with E-state index < -0.39 is 0 Å². The lowest BCUT2D eigenvalue weighted by atomic mass is 10.1. The number of allylic oxidation sites excluding steroid dienone is 5. The zero-order chi connectivity index (χ0) is 16.8. The lowest BCUT2D eigenvalue weighted by Gasteiger charge is -2.08. The Hall–Kier alpha value is -3.00. The second-order valence-electron chi connectivity index (χ2n) is 5.62. The summed E-state index contributed by atoms with van der Waals surface area (Å²) in [5.41, 5.74) is 2.21. The Kier molecular flexibility index (Phi) is 4.97. The fraction of sp³-hybridized carbons (Fsp3) is 0.0909. The molecule has 3 rings (SSSR count). The first-order chi connectivity index (χ1) is 11.7. The molecule has 0 bridgehead atoms. The molecule has 1 aliphatic rings. The summed E-state index contributed by atoms with van der Waals surface area (Å²) in [6.45, 7) is 2.04. The molecule has 0 saturated carbocycles. The van der Waals surface area contributed by atoms with E-state index in [2.05, 4.69) is 18.2 Å². The molecule has 2 aromatic rings. The van der Waals surface area contributed by atoms with Crippen LogP contribution in [0.25, 0.3) is 11.3 Å². The topological polar surface area (TPSA) is 32.3 Å². The third-order valence-corrected chi connectivity index (χ3v) is 3.83. The Morgan fingerprint density at radius 2 is 1.54 bits per heavy atom. The van der Waals surface area contributed by atoms with Crippen molar-refractivity contribution >= 4 is 11.3 Å². The number of rotatable bonds is 4. The van der Waals surface area contributed by atoms with Gasteiger partial charge in [0.1, 0.15) is 12.4 Å². The van der Waals surface area contributed by atoms with Crippen molar-refractivity contribution in [3.8, 4) is 5.75 Å². The summed E-state index contributed by atoms with van der Waals surface area (Å²) < 4.78 is 5.91.